The summed E-state index contributed by atoms with van der Waals surface area (Å²) in [6, 6.07) is 0. The topological polar surface area (TPSA) is 50.7 Å². The van der Waals surface area contributed by atoms with Crippen LogP contribution in [0.3, 0.4) is 0 Å². The van der Waals surface area contributed by atoms with E-state index in [0.29, 0.717) is 16.8 Å². The van der Waals surface area contributed by atoms with Crippen molar-refractivity contribution in [3.05, 3.63) is 10.8 Å². The number of nitrogens with zero attached hydrogens (tertiary/aromatic N) is 3. The Kier molecular flexibility index (Phi) is 2.01. The van der Waals surface area contributed by atoms with E-state index in [0.717, 1.165) is 0 Å². The smallest absolute Gasteiger partial charge is 0.243 e. The molecule has 0 aliphatic rings. The molecule has 0 radical (unpaired) electrons. The van der Waals surface area contributed by atoms with E-state index in [2.05, 4.69) is 20.5 Å². The van der Waals surface area contributed by atoms with Gasteiger partial charge in [-0.05, 0) is 6.92 Å². The molecule has 0 fully saturated rings. The number of halogens is 1. The first-order valence-corrected chi connectivity index (χ1v) is 3.16. The molecule has 1 aromatic heterocycles. The van der Waals surface area contributed by atoms with E-state index in [1.807, 2.05) is 0 Å². The second-order valence-corrected chi connectivity index (χ2v) is 2.12. The summed E-state index contributed by atoms with van der Waals surface area (Å²) in [4.78, 5) is 3.87. The average Bonchev–Trinajstić information content (AvgIpc) is 1.95. The summed E-state index contributed by atoms with van der Waals surface area (Å²) in [5, 5.41) is 10.6. The van der Waals surface area contributed by atoms with E-state index in [1.54, 1.807) is 14.0 Å². The van der Waals surface area contributed by atoms with E-state index in [-0.39, 0.29) is 0 Å². The van der Waals surface area contributed by atoms with Gasteiger partial charge in [0.25, 0.3) is 0 Å². The van der Waals surface area contributed by atoms with Crippen molar-refractivity contribution in [3.8, 4) is 0 Å². The van der Waals surface area contributed by atoms with Gasteiger partial charge in [0.1, 0.15) is 0 Å². The first-order valence-electron chi connectivity index (χ1n) is 2.78. The second-order valence-electron chi connectivity index (χ2n) is 1.76. The van der Waals surface area contributed by atoms with Crippen molar-refractivity contribution in [2.45, 2.75) is 6.92 Å². The lowest BCUT2D eigenvalue weighted by molar-refractivity contribution is 0.931. The molecule has 0 spiro atoms. The van der Waals surface area contributed by atoms with Crippen molar-refractivity contribution < 1.29 is 0 Å². The number of hydrogen-bond acceptors (Lipinski definition) is 4. The fraction of sp³-hybridized carbons (Fsp3) is 0.400. The van der Waals surface area contributed by atoms with Gasteiger partial charge in [0.2, 0.25) is 5.95 Å². The van der Waals surface area contributed by atoms with Crippen molar-refractivity contribution in [3.63, 3.8) is 0 Å². The molecule has 4 nitrogen and oxygen atoms in total. The summed E-state index contributed by atoms with van der Waals surface area (Å²) in [5.74, 6) is 0.440. The molecule has 0 unspecified atom stereocenters. The Morgan fingerprint density at radius 1 is 1.40 bits per heavy atom. The Bertz CT molecular complexity index is 237. The zero-order chi connectivity index (χ0) is 7.56. The molecule has 1 heterocycles. The molecule has 0 aliphatic heterocycles. The maximum atomic E-state index is 5.64. The predicted molar refractivity (Wildman–Crippen MR) is 39.1 cm³/mol. The highest BCUT2D eigenvalue weighted by Gasteiger charge is 1.98. The Hall–Kier alpha value is -0.900. The normalized spacial score (nSPS) is 9.50. The first kappa shape index (κ1) is 7.21. The zero-order valence-corrected chi connectivity index (χ0v) is 6.48. The maximum absolute atomic E-state index is 5.64. The van der Waals surface area contributed by atoms with Crippen molar-refractivity contribution >= 4 is 17.5 Å². The molecule has 54 valence electrons. The van der Waals surface area contributed by atoms with Crippen LogP contribution in [0.25, 0.3) is 0 Å². The molecular formula is C5H7ClN4. The summed E-state index contributed by atoms with van der Waals surface area (Å²) < 4.78 is 0. The second kappa shape index (κ2) is 2.79. The van der Waals surface area contributed by atoms with Crippen LogP contribution in [0.15, 0.2) is 0 Å². The lowest BCUT2D eigenvalue weighted by Gasteiger charge is -1.97. The number of rotatable bonds is 1. The Morgan fingerprint density at radius 2 is 2.10 bits per heavy atom. The summed E-state index contributed by atoms with van der Waals surface area (Å²) in [5.41, 5.74) is 0.640. The standard InChI is InChI=1S/C5H7ClN4/c1-3-4(6)8-5(7-2)10-9-3/h1-2H3,(H,7,8,10). The van der Waals surface area contributed by atoms with Gasteiger partial charge >= 0.3 is 0 Å². The summed E-state index contributed by atoms with van der Waals surface area (Å²) in [6.45, 7) is 1.75. The third-order valence-electron chi connectivity index (χ3n) is 1.02. The number of hydrogen-bond donors (Lipinski definition) is 1. The first-order chi connectivity index (χ1) is 4.74. The van der Waals surface area contributed by atoms with Gasteiger partial charge in [-0.3, -0.25) is 0 Å². The number of nitrogens with one attached hydrogen (secondary N) is 1. The van der Waals surface area contributed by atoms with Crippen LogP contribution in [0, 0.1) is 6.92 Å². The summed E-state index contributed by atoms with van der Waals surface area (Å²) in [6.07, 6.45) is 0. The average molecular weight is 159 g/mol. The molecule has 1 N–H and O–H groups in total. The number of aryl methyl sites for hydroxylation is 1. The zero-order valence-electron chi connectivity index (χ0n) is 5.72. The third kappa shape index (κ3) is 1.33. The third-order valence-corrected chi connectivity index (χ3v) is 1.38. The molecular weight excluding hydrogens is 152 g/mol. The van der Waals surface area contributed by atoms with Crippen LogP contribution in [0.5, 0.6) is 0 Å². The van der Waals surface area contributed by atoms with Crippen LogP contribution in [0.1, 0.15) is 5.69 Å². The largest absolute Gasteiger partial charge is 0.356 e. The van der Waals surface area contributed by atoms with Crippen molar-refractivity contribution in [2.24, 2.45) is 0 Å². The maximum Gasteiger partial charge on any atom is 0.243 e. The van der Waals surface area contributed by atoms with E-state index in [1.165, 1.54) is 0 Å². The summed E-state index contributed by atoms with van der Waals surface area (Å²) in [7, 11) is 1.71. The SMILES string of the molecule is CNc1nnc(C)c(Cl)n1. The monoisotopic (exact) mass is 158 g/mol. The quantitative estimate of drug-likeness (QED) is 0.659. The number of aromatic nitrogens is 3. The van der Waals surface area contributed by atoms with Gasteiger partial charge in [-0.25, -0.2) is 0 Å². The molecule has 0 atom stereocenters. The van der Waals surface area contributed by atoms with Gasteiger partial charge in [0.05, 0.1) is 5.69 Å². The Morgan fingerprint density at radius 3 is 2.60 bits per heavy atom. The van der Waals surface area contributed by atoms with E-state index < -0.39 is 0 Å². The highest BCUT2D eigenvalue weighted by molar-refractivity contribution is 6.30. The van der Waals surface area contributed by atoms with Crippen LogP contribution in [0.2, 0.25) is 5.15 Å². The summed E-state index contributed by atoms with van der Waals surface area (Å²) >= 11 is 5.64. The molecule has 10 heavy (non-hydrogen) atoms. The molecule has 0 saturated heterocycles. The fourth-order valence-electron chi connectivity index (χ4n) is 0.466. The lowest BCUT2D eigenvalue weighted by Crippen LogP contribution is -1.99. The minimum Gasteiger partial charge on any atom is -0.356 e. The molecule has 0 aromatic carbocycles. The molecule has 5 heteroatoms. The Balaban J connectivity index is 3.04. The minimum absolute atomic E-state index is 0.388. The van der Waals surface area contributed by atoms with Crippen LogP contribution in [-0.4, -0.2) is 22.2 Å². The van der Waals surface area contributed by atoms with Gasteiger partial charge in [0.15, 0.2) is 5.15 Å². The van der Waals surface area contributed by atoms with Gasteiger partial charge in [-0.1, -0.05) is 11.6 Å². The van der Waals surface area contributed by atoms with Gasteiger partial charge in [-0.2, -0.15) is 4.98 Å². The van der Waals surface area contributed by atoms with E-state index in [4.69, 9.17) is 11.6 Å². The highest BCUT2D eigenvalue weighted by atomic mass is 35.5. The van der Waals surface area contributed by atoms with Crippen molar-refractivity contribution in [2.75, 3.05) is 12.4 Å². The van der Waals surface area contributed by atoms with Gasteiger partial charge < -0.3 is 5.32 Å². The van der Waals surface area contributed by atoms with E-state index in [9.17, 15) is 0 Å². The molecule has 1 rings (SSSR count). The van der Waals surface area contributed by atoms with Crippen molar-refractivity contribution in [1.82, 2.24) is 15.2 Å². The molecule has 1 aromatic rings. The lowest BCUT2D eigenvalue weighted by atomic mass is 10.5. The van der Waals surface area contributed by atoms with Crippen molar-refractivity contribution in [1.29, 1.82) is 0 Å². The van der Waals surface area contributed by atoms with Crippen LogP contribution < -0.4 is 5.32 Å². The van der Waals surface area contributed by atoms with Crippen LogP contribution >= 0.6 is 11.6 Å². The molecule has 0 amide bonds. The van der Waals surface area contributed by atoms with Gasteiger partial charge in [-0.15, -0.1) is 10.2 Å². The van der Waals surface area contributed by atoms with Crippen LogP contribution in [-0.2, 0) is 0 Å². The molecule has 0 aliphatic carbocycles. The minimum atomic E-state index is 0.388. The molecule has 0 saturated carbocycles. The Labute approximate surface area is 63.6 Å². The fourth-order valence-corrected chi connectivity index (χ4v) is 0.584. The number of anilines is 1. The predicted octanol–water partition coefficient (Wildman–Crippen LogP) is 0.875. The van der Waals surface area contributed by atoms with Gasteiger partial charge in [0, 0.05) is 7.05 Å². The van der Waals surface area contributed by atoms with Crippen LogP contribution in [0.4, 0.5) is 5.95 Å². The molecule has 0 bridgehead atoms. The highest BCUT2D eigenvalue weighted by Crippen LogP contribution is 2.08. The van der Waals surface area contributed by atoms with E-state index >= 15 is 0 Å².